The number of hydrogen-bond acceptors (Lipinski definition) is 9. The normalized spacial score (nSPS) is 18.6. The topological polar surface area (TPSA) is 137 Å². The minimum atomic E-state index is -0.609. The van der Waals surface area contributed by atoms with Crippen LogP contribution >= 0.6 is 0 Å². The first-order valence-corrected chi connectivity index (χ1v) is 15.3. The van der Waals surface area contributed by atoms with Crippen LogP contribution in [0.5, 0.6) is 11.5 Å². The molecule has 7 rings (SSSR count). The number of methoxy groups -OCH3 is 2. The summed E-state index contributed by atoms with van der Waals surface area (Å²) in [5.41, 5.74) is 4.80. The lowest BCUT2D eigenvalue weighted by Gasteiger charge is -2.36. The fourth-order valence-corrected chi connectivity index (χ4v) is 6.61. The van der Waals surface area contributed by atoms with Gasteiger partial charge < -0.3 is 24.3 Å². The van der Waals surface area contributed by atoms with Crippen LogP contribution in [-0.4, -0.2) is 83.9 Å². The monoisotopic (exact) mass is 622 g/mol. The number of rotatable bonds is 7. The predicted molar refractivity (Wildman–Crippen MR) is 171 cm³/mol. The molecular weight excluding hydrogens is 588 g/mol. The molecule has 2 fully saturated rings. The van der Waals surface area contributed by atoms with Crippen molar-refractivity contribution in [2.75, 3.05) is 45.3 Å². The molecule has 3 aliphatic heterocycles. The summed E-state index contributed by atoms with van der Waals surface area (Å²) >= 11 is 0. The third kappa shape index (κ3) is 5.45. The maximum absolute atomic E-state index is 13.0. The molecule has 0 radical (unpaired) electrons. The third-order valence-electron chi connectivity index (χ3n) is 9.07. The minimum absolute atomic E-state index is 0.154. The van der Waals surface area contributed by atoms with Gasteiger partial charge in [-0.2, -0.15) is 0 Å². The van der Waals surface area contributed by atoms with Crippen molar-refractivity contribution in [3.05, 3.63) is 81.6 Å². The molecule has 0 bridgehead atoms. The molecule has 0 aliphatic carbocycles. The summed E-state index contributed by atoms with van der Waals surface area (Å²) in [6.45, 7) is 4.62. The van der Waals surface area contributed by atoms with Crippen LogP contribution in [-0.2, 0) is 22.7 Å². The van der Waals surface area contributed by atoms with Crippen molar-refractivity contribution in [3.63, 3.8) is 0 Å². The van der Waals surface area contributed by atoms with Crippen molar-refractivity contribution >= 4 is 34.3 Å². The molecule has 3 aliphatic rings. The molecule has 4 aromatic rings. The maximum atomic E-state index is 13.0. The Morgan fingerprint density at radius 3 is 2.41 bits per heavy atom. The number of carbonyl (C=O) groups excluding carboxylic acids is 3. The Labute approximate surface area is 264 Å². The molecule has 1 aromatic heterocycles. The number of amides is 3. The summed E-state index contributed by atoms with van der Waals surface area (Å²) in [5, 5.41) is 2.73. The van der Waals surface area contributed by atoms with Gasteiger partial charge in [-0.25, -0.2) is 4.98 Å². The van der Waals surface area contributed by atoms with Crippen molar-refractivity contribution in [2.24, 2.45) is 0 Å². The number of piperazine rings is 1. The Hall–Kier alpha value is -5.23. The van der Waals surface area contributed by atoms with Crippen LogP contribution in [0.1, 0.15) is 34.3 Å². The van der Waals surface area contributed by atoms with Crippen LogP contribution in [0.4, 0.5) is 5.69 Å². The largest absolute Gasteiger partial charge is 0.497 e. The fourth-order valence-electron chi connectivity index (χ4n) is 6.61. The van der Waals surface area contributed by atoms with E-state index in [9.17, 15) is 19.2 Å². The van der Waals surface area contributed by atoms with Gasteiger partial charge in [0.15, 0.2) is 0 Å². The Kier molecular flexibility index (Phi) is 7.65. The summed E-state index contributed by atoms with van der Waals surface area (Å²) in [5.74, 6) is 0.605. The van der Waals surface area contributed by atoms with E-state index in [-0.39, 0.29) is 23.8 Å². The standard InChI is InChI=1S/C34H34N6O6/c1-45-24-16-26-30(28(17-24)46-2)33(43)37-31(35-26)21-4-6-23(7-5-21)39-13-11-38(12-14-39)18-20-3-8-25-22(15-20)19-40(34(25)44)27-9-10-29(41)36-32(27)42/h3-8,15-17,27H,9-14,18-19H2,1-2H3,(H,35,37,43)(H,36,41,42). The zero-order chi connectivity index (χ0) is 31.9. The van der Waals surface area contributed by atoms with Crippen molar-refractivity contribution in [1.82, 2.24) is 25.1 Å². The van der Waals surface area contributed by atoms with Gasteiger partial charge in [0.05, 0.1) is 19.7 Å². The fraction of sp³-hybridized carbons (Fsp3) is 0.324. The predicted octanol–water partition coefficient (Wildman–Crippen LogP) is 2.69. The van der Waals surface area contributed by atoms with Gasteiger partial charge in [0, 0.05) is 74.6 Å². The lowest BCUT2D eigenvalue weighted by Crippen LogP contribution is -2.52. The average molecular weight is 623 g/mol. The second-order valence-electron chi connectivity index (χ2n) is 11.8. The van der Waals surface area contributed by atoms with Gasteiger partial charge in [0.2, 0.25) is 11.8 Å². The summed E-state index contributed by atoms with van der Waals surface area (Å²) in [4.78, 5) is 63.8. The minimum Gasteiger partial charge on any atom is -0.497 e. The second kappa shape index (κ2) is 11.9. The van der Waals surface area contributed by atoms with Gasteiger partial charge in [-0.1, -0.05) is 12.1 Å². The highest BCUT2D eigenvalue weighted by Gasteiger charge is 2.39. The summed E-state index contributed by atoms with van der Waals surface area (Å²) < 4.78 is 10.7. The zero-order valence-corrected chi connectivity index (χ0v) is 25.7. The molecule has 4 heterocycles. The van der Waals surface area contributed by atoms with Gasteiger partial charge in [-0.15, -0.1) is 0 Å². The number of piperidine rings is 1. The number of nitrogens with zero attached hydrogens (tertiary/aromatic N) is 4. The van der Waals surface area contributed by atoms with Crippen molar-refractivity contribution < 1.29 is 23.9 Å². The molecule has 12 heteroatoms. The van der Waals surface area contributed by atoms with Gasteiger partial charge in [0.25, 0.3) is 11.5 Å². The Balaban J connectivity index is 0.982. The highest BCUT2D eigenvalue weighted by atomic mass is 16.5. The number of fused-ring (bicyclic) bond motifs is 2. The first kappa shape index (κ1) is 29.5. The zero-order valence-electron chi connectivity index (χ0n) is 25.7. The van der Waals surface area contributed by atoms with Crippen molar-refractivity contribution in [2.45, 2.75) is 32.0 Å². The molecule has 2 N–H and O–H groups in total. The number of carbonyl (C=O) groups is 3. The van der Waals surface area contributed by atoms with Crippen LogP contribution in [0.3, 0.4) is 0 Å². The van der Waals surface area contributed by atoms with E-state index in [1.807, 2.05) is 36.4 Å². The number of H-pyrrole nitrogens is 1. The quantitative estimate of drug-likeness (QED) is 0.298. The van der Waals surface area contributed by atoms with E-state index in [2.05, 4.69) is 31.2 Å². The third-order valence-corrected chi connectivity index (χ3v) is 9.07. The van der Waals surface area contributed by atoms with Crippen LogP contribution in [0.25, 0.3) is 22.3 Å². The highest BCUT2D eigenvalue weighted by molar-refractivity contribution is 6.05. The Morgan fingerprint density at radius 1 is 0.913 bits per heavy atom. The lowest BCUT2D eigenvalue weighted by molar-refractivity contribution is -0.136. The van der Waals surface area contributed by atoms with Gasteiger partial charge in [0.1, 0.15) is 28.8 Å². The number of imide groups is 1. The van der Waals surface area contributed by atoms with Crippen LogP contribution in [0, 0.1) is 0 Å². The maximum Gasteiger partial charge on any atom is 0.262 e. The Bertz CT molecular complexity index is 1910. The molecule has 1 atom stereocenters. The number of hydrogen-bond donors (Lipinski definition) is 2. The van der Waals surface area contributed by atoms with Crippen LogP contribution in [0.15, 0.2) is 59.4 Å². The number of nitrogens with one attached hydrogen (secondary N) is 2. The second-order valence-corrected chi connectivity index (χ2v) is 11.8. The first-order chi connectivity index (χ1) is 22.3. The lowest BCUT2D eigenvalue weighted by atomic mass is 10.0. The van der Waals surface area contributed by atoms with E-state index in [4.69, 9.17) is 9.47 Å². The molecule has 0 saturated carbocycles. The summed E-state index contributed by atoms with van der Waals surface area (Å²) in [6.07, 6.45) is 0.599. The highest BCUT2D eigenvalue weighted by Crippen LogP contribution is 2.31. The van der Waals surface area contributed by atoms with Gasteiger partial charge in [-0.05, 0) is 47.9 Å². The van der Waals surface area contributed by atoms with Crippen LogP contribution in [0.2, 0.25) is 0 Å². The van der Waals surface area contributed by atoms with Gasteiger partial charge in [-0.3, -0.25) is 29.4 Å². The molecule has 3 amide bonds. The summed E-state index contributed by atoms with van der Waals surface area (Å²) in [7, 11) is 3.07. The number of aromatic nitrogens is 2. The molecule has 1 unspecified atom stereocenters. The average Bonchev–Trinajstić information content (AvgIpc) is 3.39. The van der Waals surface area contributed by atoms with E-state index >= 15 is 0 Å². The smallest absolute Gasteiger partial charge is 0.262 e. The Morgan fingerprint density at radius 2 is 1.70 bits per heavy atom. The van der Waals surface area contributed by atoms with Crippen LogP contribution < -0.4 is 25.2 Å². The first-order valence-electron chi connectivity index (χ1n) is 15.3. The number of ether oxygens (including phenoxy) is 2. The van der Waals surface area contributed by atoms with Crippen molar-refractivity contribution in [3.8, 4) is 22.9 Å². The van der Waals surface area contributed by atoms with E-state index < -0.39 is 11.9 Å². The molecule has 3 aromatic carbocycles. The SMILES string of the molecule is COc1cc(OC)c2c(=O)[nH]c(-c3ccc(N4CCN(Cc5ccc6c(c5)CN(C5CCC(=O)NC5=O)C6=O)CC4)cc3)nc2c1. The molecule has 46 heavy (non-hydrogen) atoms. The van der Waals surface area contributed by atoms with E-state index in [1.54, 1.807) is 24.1 Å². The number of benzene rings is 3. The molecular formula is C34H34N6O6. The van der Waals surface area contributed by atoms with E-state index in [1.165, 1.54) is 7.11 Å². The molecule has 236 valence electrons. The van der Waals surface area contributed by atoms with E-state index in [0.717, 1.165) is 55.1 Å². The van der Waals surface area contributed by atoms with E-state index in [0.29, 0.717) is 46.8 Å². The molecule has 0 spiro atoms. The van der Waals surface area contributed by atoms with Crippen molar-refractivity contribution in [1.29, 1.82) is 0 Å². The molecule has 12 nitrogen and oxygen atoms in total. The summed E-state index contributed by atoms with van der Waals surface area (Å²) in [6, 6.07) is 16.7. The number of aromatic amines is 1. The van der Waals surface area contributed by atoms with Gasteiger partial charge >= 0.3 is 0 Å². The number of anilines is 1. The molecule has 2 saturated heterocycles.